The number of nitrogens with zero attached hydrogens (tertiary/aromatic N) is 3. The topological polar surface area (TPSA) is 22.2 Å². The van der Waals surface area contributed by atoms with Crippen LogP contribution < -0.4 is 0 Å². The zero-order valence-corrected chi connectivity index (χ0v) is 29.9. The van der Waals surface area contributed by atoms with Crippen LogP contribution in [-0.2, 0) is 6.54 Å². The quantitative estimate of drug-likeness (QED) is 0.176. The highest BCUT2D eigenvalue weighted by Gasteiger charge is 2.29. The van der Waals surface area contributed by atoms with Gasteiger partial charge in [0.05, 0.1) is 29.3 Å². The van der Waals surface area contributed by atoms with Gasteiger partial charge in [0.1, 0.15) is 0 Å². The van der Waals surface area contributed by atoms with Crippen molar-refractivity contribution in [1.82, 2.24) is 9.13 Å². The summed E-state index contributed by atoms with van der Waals surface area (Å²) >= 11 is 0. The van der Waals surface area contributed by atoms with Crippen LogP contribution in [0.1, 0.15) is 29.8 Å². The number of hydrogen-bond acceptors (Lipinski definition) is 1. The van der Waals surface area contributed by atoms with Gasteiger partial charge in [0.2, 0.25) is 0 Å². The zero-order valence-electron chi connectivity index (χ0n) is 29.9. The fourth-order valence-corrected chi connectivity index (χ4v) is 9.81. The molecule has 0 saturated carbocycles. The predicted octanol–water partition coefficient (Wildman–Crippen LogP) is 13.0. The van der Waals surface area contributed by atoms with Crippen LogP contribution in [0.2, 0.25) is 0 Å². The summed E-state index contributed by atoms with van der Waals surface area (Å²) in [5, 5.41) is 6.55. The SMILES string of the molecule is CC1C=C(c2ccc3c4c(cccc24)-c2ccccc2-3)C=CC1n1c2c(c3cc(-c4ccc5c(c4)c4ccccc4n5-c4ccccc4)ccc31)CN=C2. The first-order chi connectivity index (χ1) is 26.7. The minimum atomic E-state index is 0.192. The molecule has 2 aliphatic carbocycles. The van der Waals surface area contributed by atoms with Crippen molar-refractivity contribution in [2.24, 2.45) is 10.9 Å². The fourth-order valence-electron chi connectivity index (χ4n) is 9.81. The van der Waals surface area contributed by atoms with E-state index in [9.17, 15) is 0 Å². The lowest BCUT2D eigenvalue weighted by atomic mass is 9.86. The maximum Gasteiger partial charge on any atom is 0.0668 e. The second kappa shape index (κ2) is 11.1. The molecule has 0 fully saturated rings. The molecule has 3 aliphatic rings. The van der Waals surface area contributed by atoms with Gasteiger partial charge in [-0.1, -0.05) is 128 Å². The first-order valence-corrected chi connectivity index (χ1v) is 19.0. The number of aliphatic imine (C=N–C) groups is 1. The van der Waals surface area contributed by atoms with E-state index in [1.54, 1.807) is 0 Å². The van der Waals surface area contributed by atoms with Gasteiger partial charge in [-0.15, -0.1) is 0 Å². The van der Waals surface area contributed by atoms with Crippen LogP contribution in [0.5, 0.6) is 0 Å². The molecule has 54 heavy (non-hydrogen) atoms. The van der Waals surface area contributed by atoms with Gasteiger partial charge in [0.15, 0.2) is 0 Å². The highest BCUT2D eigenvalue weighted by atomic mass is 15.1. The molecular formula is C51H35N3. The van der Waals surface area contributed by atoms with Crippen molar-refractivity contribution in [1.29, 1.82) is 0 Å². The molecule has 3 nitrogen and oxygen atoms in total. The number of rotatable bonds is 4. The minimum Gasteiger partial charge on any atom is -0.332 e. The molecular weight excluding hydrogens is 655 g/mol. The maximum absolute atomic E-state index is 4.80. The Labute approximate surface area is 313 Å². The molecule has 2 unspecified atom stereocenters. The third kappa shape index (κ3) is 4.10. The van der Waals surface area contributed by atoms with E-state index in [0.717, 1.165) is 6.54 Å². The van der Waals surface area contributed by atoms with Gasteiger partial charge in [-0.25, -0.2) is 0 Å². The Hall–Kier alpha value is -6.71. The first kappa shape index (κ1) is 29.8. The number of allylic oxidation sites excluding steroid dienone is 4. The molecule has 2 aromatic heterocycles. The summed E-state index contributed by atoms with van der Waals surface area (Å²) in [5.41, 5.74) is 17.9. The van der Waals surface area contributed by atoms with Crippen molar-refractivity contribution >= 4 is 55.3 Å². The zero-order chi connectivity index (χ0) is 35.5. The maximum atomic E-state index is 4.80. The molecule has 3 heterocycles. The predicted molar refractivity (Wildman–Crippen MR) is 227 cm³/mol. The summed E-state index contributed by atoms with van der Waals surface area (Å²) < 4.78 is 4.92. The van der Waals surface area contributed by atoms with Crippen LogP contribution in [-0.4, -0.2) is 15.3 Å². The van der Waals surface area contributed by atoms with Gasteiger partial charge in [0.25, 0.3) is 0 Å². The van der Waals surface area contributed by atoms with Crippen molar-refractivity contribution in [3.63, 3.8) is 0 Å². The Morgan fingerprint density at radius 2 is 1.22 bits per heavy atom. The van der Waals surface area contributed by atoms with Crippen LogP contribution in [0.3, 0.4) is 0 Å². The van der Waals surface area contributed by atoms with Gasteiger partial charge < -0.3 is 9.13 Å². The lowest BCUT2D eigenvalue weighted by Gasteiger charge is -2.27. The molecule has 0 spiro atoms. The van der Waals surface area contributed by atoms with E-state index in [-0.39, 0.29) is 6.04 Å². The number of benzene rings is 7. The van der Waals surface area contributed by atoms with E-state index in [2.05, 4.69) is 186 Å². The normalized spacial score (nSPS) is 16.9. The second-order valence-electron chi connectivity index (χ2n) is 15.1. The monoisotopic (exact) mass is 689 g/mol. The molecule has 7 aromatic carbocycles. The van der Waals surface area contributed by atoms with E-state index in [1.807, 2.05) is 0 Å². The molecule has 9 aromatic rings. The van der Waals surface area contributed by atoms with Gasteiger partial charge in [-0.2, -0.15) is 0 Å². The van der Waals surface area contributed by atoms with E-state index < -0.39 is 0 Å². The van der Waals surface area contributed by atoms with Gasteiger partial charge in [0, 0.05) is 39.1 Å². The third-order valence-electron chi connectivity index (χ3n) is 12.2. The van der Waals surface area contributed by atoms with Crippen molar-refractivity contribution < 1.29 is 0 Å². The second-order valence-corrected chi connectivity index (χ2v) is 15.1. The lowest BCUT2D eigenvalue weighted by molar-refractivity contribution is 0.498. The van der Waals surface area contributed by atoms with Crippen molar-refractivity contribution in [2.75, 3.05) is 0 Å². The number of hydrogen-bond donors (Lipinski definition) is 0. The van der Waals surface area contributed by atoms with Crippen molar-refractivity contribution in [3.8, 4) is 39.1 Å². The van der Waals surface area contributed by atoms with Crippen molar-refractivity contribution in [2.45, 2.75) is 19.5 Å². The van der Waals surface area contributed by atoms with Crippen molar-refractivity contribution in [3.05, 3.63) is 181 Å². The summed E-state index contributed by atoms with van der Waals surface area (Å²) in [7, 11) is 0. The molecule has 254 valence electrons. The smallest absolute Gasteiger partial charge is 0.0668 e. The largest absolute Gasteiger partial charge is 0.332 e. The standard InChI is InChI=1S/C51H35N3/c1-31-26-34(36-21-22-42-38-13-6-5-12-37(38)41-16-9-15-40(36)51(41)42)20-23-46(31)54-49-25-19-33(28-44(49)45-29-52-30-50(45)54)32-18-24-48-43(27-32)39-14-7-8-17-47(39)53(48)35-10-3-2-4-11-35/h2-28,30-31,46H,29H2,1H3. The van der Waals surface area contributed by atoms with E-state index in [0.29, 0.717) is 5.92 Å². The molecule has 1 aliphatic heterocycles. The summed E-state index contributed by atoms with van der Waals surface area (Å²) in [6.45, 7) is 3.09. The summed E-state index contributed by atoms with van der Waals surface area (Å²) in [6, 6.07) is 53.9. The Morgan fingerprint density at radius 3 is 2.06 bits per heavy atom. The first-order valence-electron chi connectivity index (χ1n) is 19.0. The Morgan fingerprint density at radius 1 is 0.556 bits per heavy atom. The summed E-state index contributed by atoms with van der Waals surface area (Å²) in [5.74, 6) is 0.294. The van der Waals surface area contributed by atoms with Gasteiger partial charge >= 0.3 is 0 Å². The molecule has 0 amide bonds. The Balaban J connectivity index is 0.933. The molecule has 0 saturated heterocycles. The van der Waals surface area contributed by atoms with Crippen LogP contribution in [0.4, 0.5) is 0 Å². The fraction of sp³-hybridized carbons (Fsp3) is 0.0784. The minimum absolute atomic E-state index is 0.192. The van der Waals surface area contributed by atoms with E-state index in [1.165, 1.54) is 105 Å². The average Bonchev–Trinajstić information content (AvgIpc) is 3.99. The van der Waals surface area contributed by atoms with Crippen LogP contribution in [0.15, 0.2) is 169 Å². The lowest BCUT2D eigenvalue weighted by Crippen LogP contribution is -2.18. The number of para-hydroxylation sites is 2. The third-order valence-corrected chi connectivity index (χ3v) is 12.2. The molecule has 0 N–H and O–H groups in total. The molecule has 0 radical (unpaired) electrons. The van der Waals surface area contributed by atoms with E-state index >= 15 is 0 Å². The molecule has 0 bridgehead atoms. The average molecular weight is 690 g/mol. The summed E-state index contributed by atoms with van der Waals surface area (Å²) in [4.78, 5) is 4.80. The van der Waals surface area contributed by atoms with Crippen LogP contribution in [0, 0.1) is 5.92 Å². The number of fused-ring (bicyclic) bond motifs is 9. The van der Waals surface area contributed by atoms with Gasteiger partial charge in [-0.05, 0) is 104 Å². The molecule has 2 atom stereocenters. The molecule has 3 heteroatoms. The van der Waals surface area contributed by atoms with Crippen LogP contribution in [0.25, 0.3) is 88.1 Å². The van der Waals surface area contributed by atoms with E-state index in [4.69, 9.17) is 4.99 Å². The van der Waals surface area contributed by atoms with Gasteiger partial charge in [-0.3, -0.25) is 4.99 Å². The highest BCUT2D eigenvalue weighted by molar-refractivity contribution is 6.18. The highest BCUT2D eigenvalue weighted by Crippen LogP contribution is 2.49. The summed E-state index contributed by atoms with van der Waals surface area (Å²) in [6.07, 6.45) is 9.36. The Bertz CT molecular complexity index is 3120. The molecule has 12 rings (SSSR count). The van der Waals surface area contributed by atoms with Crippen LogP contribution >= 0.6 is 0 Å². The Kier molecular flexibility index (Phi) is 6.16. The number of aromatic nitrogens is 2.